The number of hydrogen-bond donors (Lipinski definition) is 1. The van der Waals surface area contributed by atoms with Crippen LogP contribution in [0.1, 0.15) is 43.5 Å². The molecule has 1 saturated carbocycles. The normalized spacial score (nSPS) is 23.4. The van der Waals surface area contributed by atoms with Crippen LogP contribution in [0.15, 0.2) is 18.2 Å². The number of benzene rings is 1. The van der Waals surface area contributed by atoms with Crippen LogP contribution in [0.2, 0.25) is 0 Å². The molecule has 1 N–H and O–H groups in total. The van der Waals surface area contributed by atoms with Crippen molar-refractivity contribution in [2.24, 2.45) is 11.8 Å². The van der Waals surface area contributed by atoms with Crippen LogP contribution >= 0.6 is 0 Å². The van der Waals surface area contributed by atoms with Gasteiger partial charge in [-0.1, -0.05) is 26.7 Å². The van der Waals surface area contributed by atoms with Crippen molar-refractivity contribution in [1.29, 1.82) is 0 Å². The highest BCUT2D eigenvalue weighted by Gasteiger charge is 2.28. The van der Waals surface area contributed by atoms with E-state index in [1.54, 1.807) is 0 Å². The third-order valence-electron chi connectivity index (χ3n) is 4.78. The number of ether oxygens (including phenoxy) is 2. The Kier molecular flexibility index (Phi) is 6.17. The lowest BCUT2D eigenvalue weighted by Crippen LogP contribution is -2.45. The maximum absolute atomic E-state index is 13.8. The number of rotatable bonds is 5. The summed E-state index contributed by atoms with van der Waals surface area (Å²) in [5.74, 6) is -0.715. The van der Waals surface area contributed by atoms with Crippen molar-refractivity contribution in [2.45, 2.75) is 39.2 Å². The number of esters is 1. The standard InChI is InChI=1S/C18H24FNO4/c1-11-5-4-6-16(12(11)2)20-17(21)10-24-18(22)14-8-7-13(23-3)9-15(14)19/h7-9,11-12,16H,4-6,10H2,1-3H3,(H,20,21)/t11-,12+,16+/m0/s1. The second-order valence-electron chi connectivity index (χ2n) is 6.36. The van der Waals surface area contributed by atoms with E-state index in [0.717, 1.165) is 18.9 Å². The van der Waals surface area contributed by atoms with E-state index in [1.165, 1.54) is 25.7 Å². The highest BCUT2D eigenvalue weighted by atomic mass is 19.1. The molecular weight excluding hydrogens is 313 g/mol. The summed E-state index contributed by atoms with van der Waals surface area (Å²) >= 11 is 0. The number of nitrogens with one attached hydrogen (secondary N) is 1. The summed E-state index contributed by atoms with van der Waals surface area (Å²) in [5, 5.41) is 2.91. The molecule has 0 saturated heterocycles. The molecule has 0 bridgehead atoms. The molecule has 1 aliphatic rings. The number of methoxy groups -OCH3 is 1. The van der Waals surface area contributed by atoms with E-state index in [-0.39, 0.29) is 17.5 Å². The third kappa shape index (κ3) is 4.46. The zero-order valence-corrected chi connectivity index (χ0v) is 14.3. The zero-order valence-electron chi connectivity index (χ0n) is 14.3. The molecule has 1 aromatic carbocycles. The van der Waals surface area contributed by atoms with E-state index >= 15 is 0 Å². The zero-order chi connectivity index (χ0) is 17.7. The van der Waals surface area contributed by atoms with Gasteiger partial charge in [0.15, 0.2) is 6.61 Å². The molecule has 132 valence electrons. The fraction of sp³-hybridized carbons (Fsp3) is 0.556. The Morgan fingerprint density at radius 1 is 1.29 bits per heavy atom. The van der Waals surface area contributed by atoms with Gasteiger partial charge >= 0.3 is 5.97 Å². The van der Waals surface area contributed by atoms with Gasteiger partial charge in [-0.25, -0.2) is 9.18 Å². The van der Waals surface area contributed by atoms with E-state index in [1.807, 2.05) is 0 Å². The van der Waals surface area contributed by atoms with Crippen molar-refractivity contribution in [1.82, 2.24) is 5.32 Å². The van der Waals surface area contributed by atoms with Crippen molar-refractivity contribution >= 4 is 11.9 Å². The number of carbonyl (C=O) groups is 2. The molecule has 0 heterocycles. The molecular formula is C18H24FNO4. The van der Waals surface area contributed by atoms with E-state index in [9.17, 15) is 14.0 Å². The maximum atomic E-state index is 13.8. The predicted molar refractivity (Wildman–Crippen MR) is 87.3 cm³/mol. The van der Waals surface area contributed by atoms with Gasteiger partial charge in [0.05, 0.1) is 12.7 Å². The van der Waals surface area contributed by atoms with Crippen molar-refractivity contribution < 1.29 is 23.5 Å². The van der Waals surface area contributed by atoms with Gasteiger partial charge in [0.25, 0.3) is 5.91 Å². The molecule has 0 unspecified atom stereocenters. The highest BCUT2D eigenvalue weighted by Crippen LogP contribution is 2.29. The lowest BCUT2D eigenvalue weighted by Gasteiger charge is -2.34. The van der Waals surface area contributed by atoms with Gasteiger partial charge in [0.1, 0.15) is 11.6 Å². The first-order chi connectivity index (χ1) is 11.4. The van der Waals surface area contributed by atoms with Crippen molar-refractivity contribution in [2.75, 3.05) is 13.7 Å². The maximum Gasteiger partial charge on any atom is 0.341 e. The molecule has 6 heteroatoms. The van der Waals surface area contributed by atoms with E-state index in [2.05, 4.69) is 19.2 Å². The molecule has 0 spiro atoms. The minimum absolute atomic E-state index is 0.0951. The fourth-order valence-corrected chi connectivity index (χ4v) is 3.03. The Hall–Kier alpha value is -2.11. The Balaban J connectivity index is 1.86. The second kappa shape index (κ2) is 8.13. The van der Waals surface area contributed by atoms with E-state index < -0.39 is 18.4 Å². The molecule has 3 atom stereocenters. The predicted octanol–water partition coefficient (Wildman–Crippen LogP) is 2.93. The number of hydrogen-bond acceptors (Lipinski definition) is 4. The van der Waals surface area contributed by atoms with Crippen molar-refractivity contribution in [3.8, 4) is 5.75 Å². The van der Waals surface area contributed by atoms with Crippen LogP contribution in [0.3, 0.4) is 0 Å². The smallest absolute Gasteiger partial charge is 0.341 e. The molecule has 1 fully saturated rings. The molecule has 1 aromatic rings. The molecule has 0 aliphatic heterocycles. The van der Waals surface area contributed by atoms with Gasteiger partial charge in [0.2, 0.25) is 0 Å². The van der Waals surface area contributed by atoms with Gasteiger partial charge in [0, 0.05) is 12.1 Å². The average molecular weight is 337 g/mol. The van der Waals surface area contributed by atoms with E-state index in [0.29, 0.717) is 17.6 Å². The molecule has 2 rings (SSSR count). The Morgan fingerprint density at radius 3 is 2.71 bits per heavy atom. The largest absolute Gasteiger partial charge is 0.497 e. The quantitative estimate of drug-likeness (QED) is 0.839. The number of amides is 1. The van der Waals surface area contributed by atoms with Gasteiger partial charge in [-0.05, 0) is 30.4 Å². The number of carbonyl (C=O) groups excluding carboxylic acids is 2. The topological polar surface area (TPSA) is 64.6 Å². The van der Waals surface area contributed by atoms with E-state index in [4.69, 9.17) is 9.47 Å². The summed E-state index contributed by atoms with van der Waals surface area (Å²) < 4.78 is 23.6. The van der Waals surface area contributed by atoms with Crippen LogP contribution in [0, 0.1) is 17.7 Å². The van der Waals surface area contributed by atoms with Crippen LogP contribution < -0.4 is 10.1 Å². The van der Waals surface area contributed by atoms with Gasteiger partial charge in [-0.2, -0.15) is 0 Å². The van der Waals surface area contributed by atoms with Crippen LogP contribution in [-0.2, 0) is 9.53 Å². The van der Waals surface area contributed by atoms with Gasteiger partial charge in [-0.3, -0.25) is 4.79 Å². The Morgan fingerprint density at radius 2 is 2.04 bits per heavy atom. The first-order valence-electron chi connectivity index (χ1n) is 8.22. The van der Waals surface area contributed by atoms with Gasteiger partial charge < -0.3 is 14.8 Å². The highest BCUT2D eigenvalue weighted by molar-refractivity contribution is 5.91. The Bertz CT molecular complexity index is 605. The average Bonchev–Trinajstić information content (AvgIpc) is 2.56. The molecule has 1 aliphatic carbocycles. The molecule has 5 nitrogen and oxygen atoms in total. The lowest BCUT2D eigenvalue weighted by atomic mass is 9.78. The monoisotopic (exact) mass is 337 g/mol. The molecule has 0 radical (unpaired) electrons. The summed E-state index contributed by atoms with van der Waals surface area (Å²) in [6.45, 7) is 3.88. The SMILES string of the molecule is COc1ccc(C(=O)OCC(=O)N[C@@H]2CCC[C@H](C)[C@H]2C)c(F)c1. The molecule has 1 amide bonds. The fourth-order valence-electron chi connectivity index (χ4n) is 3.03. The first kappa shape index (κ1) is 18.2. The van der Waals surface area contributed by atoms with Crippen LogP contribution in [-0.4, -0.2) is 31.6 Å². The first-order valence-corrected chi connectivity index (χ1v) is 8.22. The van der Waals surface area contributed by atoms with Gasteiger partial charge in [-0.15, -0.1) is 0 Å². The van der Waals surface area contributed by atoms with Crippen LogP contribution in [0.25, 0.3) is 0 Å². The second-order valence-corrected chi connectivity index (χ2v) is 6.36. The Labute approximate surface area is 141 Å². The van der Waals surface area contributed by atoms with Crippen molar-refractivity contribution in [3.05, 3.63) is 29.6 Å². The summed E-state index contributed by atoms with van der Waals surface area (Å²) in [5.41, 5.74) is -0.219. The minimum atomic E-state index is -0.865. The van der Waals surface area contributed by atoms with Crippen LogP contribution in [0.5, 0.6) is 5.75 Å². The summed E-state index contributed by atoms with van der Waals surface area (Å²) in [6.07, 6.45) is 3.17. The molecule has 24 heavy (non-hydrogen) atoms. The lowest BCUT2D eigenvalue weighted by molar-refractivity contribution is -0.125. The minimum Gasteiger partial charge on any atom is -0.497 e. The summed E-state index contributed by atoms with van der Waals surface area (Å²) in [7, 11) is 1.41. The summed E-state index contributed by atoms with van der Waals surface area (Å²) in [6, 6.07) is 3.93. The third-order valence-corrected chi connectivity index (χ3v) is 4.78. The number of halogens is 1. The van der Waals surface area contributed by atoms with Crippen LogP contribution in [0.4, 0.5) is 4.39 Å². The van der Waals surface area contributed by atoms with Crippen molar-refractivity contribution in [3.63, 3.8) is 0 Å². The molecule has 0 aromatic heterocycles. The summed E-state index contributed by atoms with van der Waals surface area (Å²) in [4.78, 5) is 23.9.